The zero-order valence-electron chi connectivity index (χ0n) is 13.6. The van der Waals surface area contributed by atoms with Crippen LogP contribution < -0.4 is 10.1 Å². The molecule has 0 heterocycles. The Morgan fingerprint density at radius 1 is 1.24 bits per heavy atom. The van der Waals surface area contributed by atoms with Crippen LogP contribution in [0.3, 0.4) is 0 Å². The van der Waals surface area contributed by atoms with Crippen LogP contribution in [0.25, 0.3) is 0 Å². The van der Waals surface area contributed by atoms with Gasteiger partial charge in [-0.3, -0.25) is 4.79 Å². The Morgan fingerprint density at radius 3 is 2.33 bits per heavy atom. The lowest BCUT2D eigenvalue weighted by Gasteiger charge is -2.29. The van der Waals surface area contributed by atoms with Gasteiger partial charge in [0.1, 0.15) is 11.3 Å². The van der Waals surface area contributed by atoms with Crippen LogP contribution in [0.1, 0.15) is 12.5 Å². The first kappa shape index (κ1) is 17.5. The van der Waals surface area contributed by atoms with E-state index >= 15 is 0 Å². The van der Waals surface area contributed by atoms with E-state index in [9.17, 15) is 4.79 Å². The monoisotopic (exact) mass is 294 g/mol. The summed E-state index contributed by atoms with van der Waals surface area (Å²) in [5.41, 5.74) is 0.320. The number of nitrogens with zero attached hydrogens (tertiary/aromatic N) is 1. The standard InChI is InChI=1S/C16H26N2O3/c1-16(15(19)21-5,17-10-11-18(2)3)12-13-6-8-14(20-4)9-7-13/h6-9,17H,10-12H2,1-5H3. The van der Waals surface area contributed by atoms with Gasteiger partial charge in [0.2, 0.25) is 0 Å². The Kier molecular flexibility index (Phi) is 6.65. The number of methoxy groups -OCH3 is 2. The molecule has 1 unspecified atom stereocenters. The average Bonchev–Trinajstić information content (AvgIpc) is 2.46. The molecule has 0 saturated carbocycles. The molecule has 0 spiro atoms. The molecule has 0 aliphatic heterocycles. The van der Waals surface area contributed by atoms with Crippen molar-refractivity contribution >= 4 is 5.97 Å². The number of nitrogens with one attached hydrogen (secondary N) is 1. The van der Waals surface area contributed by atoms with E-state index in [-0.39, 0.29) is 5.97 Å². The summed E-state index contributed by atoms with van der Waals surface area (Å²) < 4.78 is 10.1. The lowest BCUT2D eigenvalue weighted by Crippen LogP contribution is -2.53. The van der Waals surface area contributed by atoms with Crippen LogP contribution in [0.4, 0.5) is 0 Å². The summed E-state index contributed by atoms with van der Waals surface area (Å²) in [6.45, 7) is 3.45. The van der Waals surface area contributed by atoms with Gasteiger partial charge in [0.05, 0.1) is 14.2 Å². The lowest BCUT2D eigenvalue weighted by atomic mass is 9.92. The van der Waals surface area contributed by atoms with Crippen LogP contribution in [0.2, 0.25) is 0 Å². The van der Waals surface area contributed by atoms with Crippen molar-refractivity contribution in [2.24, 2.45) is 0 Å². The highest BCUT2D eigenvalue weighted by molar-refractivity contribution is 5.80. The van der Waals surface area contributed by atoms with Crippen molar-refractivity contribution in [3.63, 3.8) is 0 Å². The second kappa shape index (κ2) is 8.00. The maximum atomic E-state index is 12.1. The van der Waals surface area contributed by atoms with Crippen molar-refractivity contribution in [3.05, 3.63) is 29.8 Å². The van der Waals surface area contributed by atoms with Crippen LogP contribution >= 0.6 is 0 Å². The molecule has 5 nitrogen and oxygen atoms in total. The summed E-state index contributed by atoms with van der Waals surface area (Å²) in [5, 5.41) is 3.31. The van der Waals surface area contributed by atoms with Crippen molar-refractivity contribution in [1.82, 2.24) is 10.2 Å². The molecule has 0 bridgehead atoms. The molecule has 0 amide bonds. The second-order valence-electron chi connectivity index (χ2n) is 5.58. The molecule has 21 heavy (non-hydrogen) atoms. The van der Waals surface area contributed by atoms with E-state index in [1.165, 1.54) is 7.11 Å². The molecular weight excluding hydrogens is 268 g/mol. The highest BCUT2D eigenvalue weighted by Crippen LogP contribution is 2.18. The summed E-state index contributed by atoms with van der Waals surface area (Å²) in [4.78, 5) is 14.2. The van der Waals surface area contributed by atoms with E-state index in [4.69, 9.17) is 9.47 Å². The summed E-state index contributed by atoms with van der Waals surface area (Å²) in [6.07, 6.45) is 0.567. The number of likely N-dealkylation sites (N-methyl/N-ethyl adjacent to an activating group) is 1. The molecule has 118 valence electrons. The molecule has 0 saturated heterocycles. The number of esters is 1. The number of carbonyl (C=O) groups is 1. The maximum absolute atomic E-state index is 12.1. The normalized spacial score (nSPS) is 13.8. The first-order valence-corrected chi connectivity index (χ1v) is 7.02. The second-order valence-corrected chi connectivity index (χ2v) is 5.58. The SMILES string of the molecule is COC(=O)C(C)(Cc1ccc(OC)cc1)NCCN(C)C. The summed E-state index contributed by atoms with van der Waals surface area (Å²) in [5.74, 6) is 0.552. The molecule has 0 aromatic heterocycles. The van der Waals surface area contributed by atoms with Crippen molar-refractivity contribution in [2.75, 3.05) is 41.4 Å². The van der Waals surface area contributed by atoms with E-state index in [2.05, 4.69) is 10.2 Å². The van der Waals surface area contributed by atoms with E-state index in [0.29, 0.717) is 6.42 Å². The minimum atomic E-state index is -0.737. The van der Waals surface area contributed by atoms with E-state index < -0.39 is 5.54 Å². The van der Waals surface area contributed by atoms with E-state index in [1.807, 2.05) is 45.3 Å². The smallest absolute Gasteiger partial charge is 0.326 e. The van der Waals surface area contributed by atoms with Crippen LogP contribution in [0.15, 0.2) is 24.3 Å². The molecule has 1 aromatic carbocycles. The van der Waals surface area contributed by atoms with Gasteiger partial charge < -0.3 is 19.7 Å². The van der Waals surface area contributed by atoms with Crippen LogP contribution in [-0.4, -0.2) is 57.8 Å². The highest BCUT2D eigenvalue weighted by atomic mass is 16.5. The number of benzene rings is 1. The van der Waals surface area contributed by atoms with Crippen LogP contribution in [0, 0.1) is 0 Å². The van der Waals surface area contributed by atoms with Crippen molar-refractivity contribution < 1.29 is 14.3 Å². The van der Waals surface area contributed by atoms with Gasteiger partial charge in [-0.2, -0.15) is 0 Å². The Morgan fingerprint density at radius 2 is 1.86 bits per heavy atom. The van der Waals surface area contributed by atoms with Gasteiger partial charge in [0, 0.05) is 19.5 Å². The molecule has 0 aliphatic carbocycles. The third-order valence-corrected chi connectivity index (χ3v) is 3.43. The first-order valence-electron chi connectivity index (χ1n) is 7.02. The quantitative estimate of drug-likeness (QED) is 0.733. The fourth-order valence-electron chi connectivity index (χ4n) is 2.14. The van der Waals surface area contributed by atoms with Gasteiger partial charge in [-0.1, -0.05) is 12.1 Å². The predicted octanol–water partition coefficient (Wildman–Crippen LogP) is 1.32. The minimum Gasteiger partial charge on any atom is -0.497 e. The van der Waals surface area contributed by atoms with Gasteiger partial charge in [0.15, 0.2) is 0 Å². The summed E-state index contributed by atoms with van der Waals surface area (Å²) >= 11 is 0. The van der Waals surface area contributed by atoms with Gasteiger partial charge >= 0.3 is 5.97 Å². The van der Waals surface area contributed by atoms with Crippen molar-refractivity contribution in [3.8, 4) is 5.75 Å². The molecule has 0 fully saturated rings. The number of ether oxygens (including phenoxy) is 2. The molecular formula is C16H26N2O3. The lowest BCUT2D eigenvalue weighted by molar-refractivity contribution is -0.147. The van der Waals surface area contributed by atoms with Gasteiger partial charge in [0.25, 0.3) is 0 Å². The summed E-state index contributed by atoms with van der Waals surface area (Å²) in [7, 11) is 7.06. The Bertz CT molecular complexity index is 445. The third-order valence-electron chi connectivity index (χ3n) is 3.43. The van der Waals surface area contributed by atoms with Crippen molar-refractivity contribution in [2.45, 2.75) is 18.9 Å². The van der Waals surface area contributed by atoms with Crippen molar-refractivity contribution in [1.29, 1.82) is 0 Å². The Hall–Kier alpha value is -1.59. The minimum absolute atomic E-state index is 0.253. The van der Waals surface area contributed by atoms with Crippen LogP contribution in [-0.2, 0) is 16.0 Å². The topological polar surface area (TPSA) is 50.8 Å². The number of hydrogen-bond donors (Lipinski definition) is 1. The fourth-order valence-corrected chi connectivity index (χ4v) is 2.14. The average molecular weight is 294 g/mol. The molecule has 1 N–H and O–H groups in total. The van der Waals surface area contributed by atoms with Gasteiger partial charge in [-0.25, -0.2) is 0 Å². The molecule has 1 rings (SSSR count). The fraction of sp³-hybridized carbons (Fsp3) is 0.562. The Labute approximate surface area is 127 Å². The van der Waals surface area contributed by atoms with E-state index in [1.54, 1.807) is 7.11 Å². The number of carbonyl (C=O) groups excluding carboxylic acids is 1. The zero-order valence-corrected chi connectivity index (χ0v) is 13.6. The zero-order chi connectivity index (χ0) is 15.9. The van der Waals surface area contributed by atoms with Crippen LogP contribution in [0.5, 0.6) is 5.75 Å². The predicted molar refractivity (Wildman–Crippen MR) is 83.7 cm³/mol. The largest absolute Gasteiger partial charge is 0.497 e. The summed E-state index contributed by atoms with van der Waals surface area (Å²) in [6, 6.07) is 7.72. The number of rotatable bonds is 8. The Balaban J connectivity index is 2.78. The van der Waals surface area contributed by atoms with Gasteiger partial charge in [-0.15, -0.1) is 0 Å². The molecule has 1 atom stereocenters. The molecule has 0 radical (unpaired) electrons. The molecule has 5 heteroatoms. The maximum Gasteiger partial charge on any atom is 0.326 e. The van der Waals surface area contributed by atoms with Gasteiger partial charge in [-0.05, 0) is 38.7 Å². The van der Waals surface area contributed by atoms with E-state index in [0.717, 1.165) is 24.4 Å². The number of hydrogen-bond acceptors (Lipinski definition) is 5. The first-order chi connectivity index (χ1) is 9.91. The molecule has 1 aromatic rings. The highest BCUT2D eigenvalue weighted by Gasteiger charge is 2.33. The third kappa shape index (κ3) is 5.36. The molecule has 0 aliphatic rings.